The Morgan fingerprint density at radius 1 is 1.15 bits per heavy atom. The molecule has 3 rings (SSSR count). The van der Waals surface area contributed by atoms with Crippen molar-refractivity contribution in [1.82, 2.24) is 14.0 Å². The summed E-state index contributed by atoms with van der Waals surface area (Å²) in [5, 5.41) is 0. The number of ether oxygens (including phenoxy) is 1. The monoisotopic (exact) mass is 375 g/mol. The summed E-state index contributed by atoms with van der Waals surface area (Å²) in [5.74, 6) is 0. The van der Waals surface area contributed by atoms with Crippen LogP contribution in [0.25, 0.3) is 11.0 Å². The maximum absolute atomic E-state index is 12.3. The third-order valence-electron chi connectivity index (χ3n) is 5.01. The van der Waals surface area contributed by atoms with Crippen LogP contribution in [0.5, 0.6) is 0 Å². The first-order valence-corrected chi connectivity index (χ1v) is 9.19. The number of fused-ring (bicyclic) bond motifs is 1. The number of nitrogens with two attached hydrogens (primary N) is 1. The Bertz CT molecular complexity index is 937. The molecule has 1 aromatic carbocycles. The van der Waals surface area contributed by atoms with Gasteiger partial charge >= 0.3 is 11.8 Å². The van der Waals surface area contributed by atoms with E-state index in [1.807, 2.05) is 32.9 Å². The molecule has 1 aliphatic heterocycles. The van der Waals surface area contributed by atoms with E-state index in [0.29, 0.717) is 25.3 Å². The molecule has 1 atom stereocenters. The Morgan fingerprint density at radius 3 is 2.30 bits per heavy atom. The van der Waals surface area contributed by atoms with Gasteiger partial charge in [-0.15, -0.1) is 0 Å². The standard InChI is InChI=1S/C19H29N5O3/c1-12-11-23(18(26)27-19(2,3)4)7-8-24(12)14-10-16-15(9-13(14)20)21(5)17(25)22(16)6/h9-10,12H,7-8,11,20H2,1-6H3/t12-/m1/s1. The second kappa shape index (κ2) is 6.51. The van der Waals surface area contributed by atoms with E-state index in [1.54, 1.807) is 28.1 Å². The van der Waals surface area contributed by atoms with Crippen molar-refractivity contribution >= 4 is 28.5 Å². The van der Waals surface area contributed by atoms with Crippen LogP contribution in [-0.4, -0.2) is 51.4 Å². The minimum Gasteiger partial charge on any atom is -0.444 e. The van der Waals surface area contributed by atoms with Gasteiger partial charge in [0.2, 0.25) is 0 Å². The van der Waals surface area contributed by atoms with Crippen LogP contribution >= 0.6 is 0 Å². The molecule has 0 radical (unpaired) electrons. The van der Waals surface area contributed by atoms with Crippen molar-refractivity contribution < 1.29 is 9.53 Å². The molecular formula is C19H29N5O3. The Morgan fingerprint density at radius 2 is 1.74 bits per heavy atom. The second-order valence-corrected chi connectivity index (χ2v) is 8.27. The molecule has 2 N–H and O–H groups in total. The molecule has 2 aromatic rings. The first kappa shape index (κ1) is 19.1. The summed E-state index contributed by atoms with van der Waals surface area (Å²) in [4.78, 5) is 28.5. The highest BCUT2D eigenvalue weighted by molar-refractivity contribution is 5.88. The smallest absolute Gasteiger partial charge is 0.410 e. The molecule has 0 saturated carbocycles. The molecule has 1 fully saturated rings. The SMILES string of the molecule is C[C@@H]1CN(C(=O)OC(C)(C)C)CCN1c1cc2c(cc1N)n(C)c(=O)n2C. The lowest BCUT2D eigenvalue weighted by atomic mass is 10.1. The van der Waals surface area contributed by atoms with Crippen LogP contribution in [-0.2, 0) is 18.8 Å². The molecule has 0 unspecified atom stereocenters. The van der Waals surface area contributed by atoms with Crippen molar-refractivity contribution in [2.24, 2.45) is 14.1 Å². The summed E-state index contributed by atoms with van der Waals surface area (Å²) in [6.45, 7) is 9.42. The number of nitrogens with zero attached hydrogens (tertiary/aromatic N) is 4. The second-order valence-electron chi connectivity index (χ2n) is 8.27. The molecule has 1 saturated heterocycles. The molecule has 0 bridgehead atoms. The molecule has 1 aromatic heterocycles. The number of piperazine rings is 1. The van der Waals surface area contributed by atoms with Crippen molar-refractivity contribution in [3.63, 3.8) is 0 Å². The van der Waals surface area contributed by atoms with Gasteiger partial charge in [-0.25, -0.2) is 9.59 Å². The number of nitrogen functional groups attached to an aromatic ring is 1. The molecule has 148 valence electrons. The fourth-order valence-corrected chi connectivity index (χ4v) is 3.61. The number of aryl methyl sites for hydroxylation is 2. The predicted molar refractivity (Wildman–Crippen MR) is 107 cm³/mol. The van der Waals surface area contributed by atoms with Crippen LogP contribution in [0.3, 0.4) is 0 Å². The Hall–Kier alpha value is -2.64. The number of amides is 1. The third kappa shape index (κ3) is 3.48. The molecule has 2 heterocycles. The topological polar surface area (TPSA) is 85.7 Å². The maximum Gasteiger partial charge on any atom is 0.410 e. The zero-order chi connectivity index (χ0) is 20.1. The van der Waals surface area contributed by atoms with E-state index in [0.717, 1.165) is 16.7 Å². The van der Waals surface area contributed by atoms with Gasteiger partial charge in [-0.1, -0.05) is 0 Å². The Balaban J connectivity index is 1.86. The Labute approximate surface area is 159 Å². The van der Waals surface area contributed by atoms with E-state index >= 15 is 0 Å². The summed E-state index contributed by atoms with van der Waals surface area (Å²) in [7, 11) is 3.50. The lowest BCUT2D eigenvalue weighted by Crippen LogP contribution is -2.54. The number of hydrogen-bond donors (Lipinski definition) is 1. The first-order valence-electron chi connectivity index (χ1n) is 9.19. The van der Waals surface area contributed by atoms with Gasteiger partial charge in [-0.05, 0) is 39.8 Å². The van der Waals surface area contributed by atoms with Crippen LogP contribution in [0, 0.1) is 0 Å². The largest absolute Gasteiger partial charge is 0.444 e. The van der Waals surface area contributed by atoms with Crippen molar-refractivity contribution in [1.29, 1.82) is 0 Å². The normalized spacial score (nSPS) is 18.2. The number of anilines is 2. The van der Waals surface area contributed by atoms with E-state index in [1.165, 1.54) is 0 Å². The van der Waals surface area contributed by atoms with Crippen LogP contribution in [0.1, 0.15) is 27.7 Å². The van der Waals surface area contributed by atoms with Gasteiger partial charge in [0, 0.05) is 39.8 Å². The molecule has 27 heavy (non-hydrogen) atoms. The zero-order valence-electron chi connectivity index (χ0n) is 16.9. The quantitative estimate of drug-likeness (QED) is 0.770. The summed E-state index contributed by atoms with van der Waals surface area (Å²) in [5.41, 5.74) is 8.89. The summed E-state index contributed by atoms with van der Waals surface area (Å²) < 4.78 is 8.70. The van der Waals surface area contributed by atoms with E-state index < -0.39 is 5.60 Å². The highest BCUT2D eigenvalue weighted by Gasteiger charge is 2.31. The number of benzene rings is 1. The highest BCUT2D eigenvalue weighted by atomic mass is 16.6. The number of carbonyl (C=O) groups excluding carboxylic acids is 1. The van der Waals surface area contributed by atoms with Gasteiger partial charge in [0.25, 0.3) is 0 Å². The van der Waals surface area contributed by atoms with Crippen LogP contribution < -0.4 is 16.3 Å². The molecule has 0 spiro atoms. The summed E-state index contributed by atoms with van der Waals surface area (Å²) >= 11 is 0. The lowest BCUT2D eigenvalue weighted by Gasteiger charge is -2.41. The van der Waals surface area contributed by atoms with Gasteiger partial charge < -0.3 is 20.3 Å². The van der Waals surface area contributed by atoms with Gasteiger partial charge in [0.05, 0.1) is 22.4 Å². The fourth-order valence-electron chi connectivity index (χ4n) is 3.61. The average molecular weight is 375 g/mol. The van der Waals surface area contributed by atoms with Gasteiger partial charge in [0.15, 0.2) is 0 Å². The maximum atomic E-state index is 12.3. The van der Waals surface area contributed by atoms with E-state index in [4.69, 9.17) is 10.5 Å². The minimum absolute atomic E-state index is 0.0757. The van der Waals surface area contributed by atoms with E-state index in [-0.39, 0.29) is 17.8 Å². The number of imidazole rings is 1. The minimum atomic E-state index is -0.509. The van der Waals surface area contributed by atoms with Crippen molar-refractivity contribution in [2.45, 2.75) is 39.3 Å². The summed E-state index contributed by atoms with van der Waals surface area (Å²) in [6.07, 6.45) is -0.289. The van der Waals surface area contributed by atoms with Crippen molar-refractivity contribution in [3.8, 4) is 0 Å². The number of hydrogen-bond acceptors (Lipinski definition) is 5. The van der Waals surface area contributed by atoms with E-state index in [2.05, 4.69) is 11.8 Å². The van der Waals surface area contributed by atoms with Gasteiger partial charge in [0.1, 0.15) is 5.60 Å². The molecular weight excluding hydrogens is 346 g/mol. The first-order chi connectivity index (χ1) is 12.5. The predicted octanol–water partition coefficient (Wildman–Crippen LogP) is 1.90. The molecule has 8 heteroatoms. The number of rotatable bonds is 1. The highest BCUT2D eigenvalue weighted by Crippen LogP contribution is 2.31. The van der Waals surface area contributed by atoms with E-state index in [9.17, 15) is 9.59 Å². The van der Waals surface area contributed by atoms with Gasteiger partial charge in [-0.2, -0.15) is 0 Å². The van der Waals surface area contributed by atoms with Crippen LogP contribution in [0.15, 0.2) is 16.9 Å². The number of carbonyl (C=O) groups is 1. The molecule has 1 amide bonds. The van der Waals surface area contributed by atoms with Gasteiger partial charge in [-0.3, -0.25) is 9.13 Å². The molecule has 1 aliphatic rings. The Kier molecular flexibility index (Phi) is 4.61. The number of aromatic nitrogens is 2. The molecule has 8 nitrogen and oxygen atoms in total. The average Bonchev–Trinajstić information content (AvgIpc) is 2.77. The van der Waals surface area contributed by atoms with Crippen molar-refractivity contribution in [3.05, 3.63) is 22.6 Å². The summed E-state index contributed by atoms with van der Waals surface area (Å²) in [6, 6.07) is 3.89. The fraction of sp³-hybridized carbons (Fsp3) is 0.579. The lowest BCUT2D eigenvalue weighted by molar-refractivity contribution is 0.0219. The van der Waals surface area contributed by atoms with Crippen LogP contribution in [0.4, 0.5) is 16.2 Å². The van der Waals surface area contributed by atoms with Crippen molar-refractivity contribution in [2.75, 3.05) is 30.3 Å². The van der Waals surface area contributed by atoms with Crippen LogP contribution in [0.2, 0.25) is 0 Å². The zero-order valence-corrected chi connectivity index (χ0v) is 16.9. The molecule has 0 aliphatic carbocycles. The third-order valence-corrected chi connectivity index (χ3v) is 5.01.